The van der Waals surface area contributed by atoms with E-state index in [2.05, 4.69) is 9.47 Å². The van der Waals surface area contributed by atoms with Gasteiger partial charge in [-0.3, -0.25) is 0 Å². The quantitative estimate of drug-likeness (QED) is 0.646. The monoisotopic (exact) mass is 374 g/mol. The zero-order valence-electron chi connectivity index (χ0n) is 23.7. The summed E-state index contributed by atoms with van der Waals surface area (Å²) in [7, 11) is 0. The first kappa shape index (κ1) is 9.81. The number of halogens is 1. The Balaban J connectivity index is 0.000000204. The Labute approximate surface area is 168 Å². The van der Waals surface area contributed by atoms with Gasteiger partial charge in [0.1, 0.15) is 24.1 Å². The van der Waals surface area contributed by atoms with Crippen molar-refractivity contribution in [2.45, 2.75) is 26.0 Å². The summed E-state index contributed by atoms with van der Waals surface area (Å²) in [6.07, 6.45) is -4.55. The topological polar surface area (TPSA) is 54.5 Å². The van der Waals surface area contributed by atoms with Crippen molar-refractivity contribution in [2.75, 3.05) is 25.5 Å². The molecule has 4 nitrogen and oxygen atoms in total. The van der Waals surface area contributed by atoms with Crippen LogP contribution in [0, 0.1) is 13.8 Å². The molecule has 2 aliphatic heterocycles. The van der Waals surface area contributed by atoms with Crippen LogP contribution in [-0.4, -0.2) is 42.8 Å². The number of benzene rings is 2. The van der Waals surface area contributed by atoms with Gasteiger partial charge in [-0.05, 0) is 49.2 Å². The lowest BCUT2D eigenvalue weighted by molar-refractivity contribution is 0.263. The molecule has 2 aromatic rings. The van der Waals surface area contributed by atoms with Crippen LogP contribution >= 0.6 is 11.6 Å². The lowest BCUT2D eigenvalue weighted by atomic mass is 10.2. The predicted molar refractivity (Wildman–Crippen MR) is 99.7 cm³/mol. The third-order valence-corrected chi connectivity index (χ3v) is 2.92. The Hall–Kier alpha value is -1.75. The van der Waals surface area contributed by atoms with Crippen LogP contribution in [0.3, 0.4) is 0 Å². The summed E-state index contributed by atoms with van der Waals surface area (Å²) >= 11 is 5.04. The van der Waals surface area contributed by atoms with Gasteiger partial charge in [-0.15, -0.1) is 11.6 Å². The van der Waals surface area contributed by atoms with E-state index in [0.717, 1.165) is 11.1 Å². The van der Waals surface area contributed by atoms with E-state index in [4.69, 9.17) is 35.2 Å². The molecule has 25 heavy (non-hydrogen) atoms. The molecule has 0 aromatic heterocycles. The average Bonchev–Trinajstić information content (AvgIpc) is 3.42. The fourth-order valence-corrected chi connectivity index (χ4v) is 1.62. The molecule has 0 saturated carbocycles. The van der Waals surface area contributed by atoms with Crippen molar-refractivity contribution in [1.82, 2.24) is 0 Å². The van der Waals surface area contributed by atoms with Gasteiger partial charge in [0.05, 0.1) is 36.0 Å². The van der Waals surface area contributed by atoms with E-state index < -0.39 is 37.7 Å². The molecule has 2 aromatic carbocycles. The lowest BCUT2D eigenvalue weighted by Crippen LogP contribution is -2.03. The molecule has 4 rings (SSSR count). The van der Waals surface area contributed by atoms with Gasteiger partial charge in [0.25, 0.3) is 0 Å². The number of alkyl halides is 1. The number of aryl methyl sites for hydroxylation is 2. The summed E-state index contributed by atoms with van der Waals surface area (Å²) in [5.74, 6) is -1.89. The van der Waals surface area contributed by atoms with E-state index in [1.54, 1.807) is 30.3 Å². The Morgan fingerprint density at radius 1 is 1.16 bits per heavy atom. The number of phenolic OH excluding ortho intramolecular Hbond substituents is 1. The van der Waals surface area contributed by atoms with Gasteiger partial charge >= 0.3 is 0 Å². The molecular weight excluding hydrogens is 340 g/mol. The Morgan fingerprint density at radius 2 is 1.76 bits per heavy atom. The van der Waals surface area contributed by atoms with Crippen molar-refractivity contribution in [3.8, 4) is 11.5 Å². The van der Waals surface area contributed by atoms with Crippen LogP contribution in [0.1, 0.15) is 24.8 Å². The van der Waals surface area contributed by atoms with Gasteiger partial charge in [-0.25, -0.2) is 0 Å². The molecule has 2 aliphatic rings. The van der Waals surface area contributed by atoms with Gasteiger partial charge in [-0.2, -0.15) is 0 Å². The van der Waals surface area contributed by atoms with E-state index in [1.807, 2.05) is 32.0 Å². The summed E-state index contributed by atoms with van der Waals surface area (Å²) in [5, 5.41) is 8.81. The second kappa shape index (κ2) is 10.3. The predicted octanol–water partition coefficient (Wildman–Crippen LogP) is 4.10. The highest BCUT2D eigenvalue weighted by Gasteiger charge is 2.22. The lowest BCUT2D eigenvalue weighted by Gasteiger charge is -2.03. The Morgan fingerprint density at radius 3 is 2.16 bits per heavy atom. The van der Waals surface area contributed by atoms with Crippen molar-refractivity contribution in [3.05, 3.63) is 59.7 Å². The molecule has 2 atom stereocenters. The number of phenols is 1. The largest absolute Gasteiger partial charge is 0.508 e. The van der Waals surface area contributed by atoms with Crippen molar-refractivity contribution >= 4 is 11.6 Å². The van der Waals surface area contributed by atoms with Gasteiger partial charge in [0.15, 0.2) is 0 Å². The van der Waals surface area contributed by atoms with Crippen LogP contribution < -0.4 is 4.74 Å². The second-order valence-electron chi connectivity index (χ2n) is 5.02. The first-order chi connectivity index (χ1) is 15.7. The Kier molecular flexibility index (Phi) is 4.04. The van der Waals surface area contributed by atoms with Crippen molar-refractivity contribution < 1.29 is 33.0 Å². The molecule has 0 aliphatic carbocycles. The number of aromatic hydroxyl groups is 1. The first-order valence-corrected chi connectivity index (χ1v) is 7.66. The van der Waals surface area contributed by atoms with Gasteiger partial charge in [0, 0.05) is 2.74 Å². The number of ether oxygens (including phenoxy) is 3. The van der Waals surface area contributed by atoms with Crippen molar-refractivity contribution in [3.63, 3.8) is 0 Å². The summed E-state index contributed by atoms with van der Waals surface area (Å²) in [5.41, 5.74) is 1.97. The summed E-state index contributed by atoms with van der Waals surface area (Å²) in [4.78, 5) is 0. The molecule has 0 radical (unpaired) electrons. The highest BCUT2D eigenvalue weighted by molar-refractivity contribution is 6.18. The van der Waals surface area contributed by atoms with Crippen LogP contribution in [0.25, 0.3) is 0 Å². The molecule has 2 heterocycles. The van der Waals surface area contributed by atoms with Crippen LogP contribution in [0.5, 0.6) is 11.5 Å². The smallest absolute Gasteiger partial charge is 0.119 e. The molecule has 1 N–H and O–H groups in total. The Bertz CT molecular complexity index is 1030. The molecule has 2 saturated heterocycles. The fourth-order valence-electron chi connectivity index (χ4n) is 1.54. The third kappa shape index (κ3) is 9.34. The molecule has 0 amide bonds. The van der Waals surface area contributed by atoms with E-state index in [-0.39, 0.29) is 5.75 Å². The first-order valence-electron chi connectivity index (χ1n) is 12.3. The summed E-state index contributed by atoms with van der Waals surface area (Å²) in [6, 6.07) is 13.8. The molecule has 5 heteroatoms. The second-order valence-corrected chi connectivity index (χ2v) is 5.21. The van der Waals surface area contributed by atoms with Gasteiger partial charge in [0.2, 0.25) is 0 Å². The standard InChI is InChI=1S/C10H12O2.C7H8O.C3H5ClO/c1-8-3-2-4-9(5-8)11-6-10-7-12-10;1-6-3-2-4-7(8)5-6;4-1-3-2-5-3/h2-5,10H,6-7H2,1H3;2-5,8H,1H3;3H,1-2H2/i6D2,7D2,10D;;1D2,2D2,3D. The minimum Gasteiger partial charge on any atom is -0.508 e. The summed E-state index contributed by atoms with van der Waals surface area (Å²) in [6.45, 7) is -3.35. The molecule has 136 valence electrons. The maximum Gasteiger partial charge on any atom is 0.119 e. The van der Waals surface area contributed by atoms with Gasteiger partial charge in [-0.1, -0.05) is 24.3 Å². The molecule has 0 bridgehead atoms. The maximum atomic E-state index is 8.81. The number of hydrogen-bond acceptors (Lipinski definition) is 4. The van der Waals surface area contributed by atoms with Crippen LogP contribution in [0.2, 0.25) is 0 Å². The number of epoxide rings is 2. The van der Waals surface area contributed by atoms with E-state index in [9.17, 15) is 0 Å². The van der Waals surface area contributed by atoms with Crippen LogP contribution in [-0.2, 0) is 9.47 Å². The minimum absolute atomic E-state index is 0.243. The minimum atomic E-state index is -2.55. The van der Waals surface area contributed by atoms with E-state index in [1.165, 1.54) is 0 Å². The van der Waals surface area contributed by atoms with E-state index >= 15 is 0 Å². The van der Waals surface area contributed by atoms with E-state index in [0.29, 0.717) is 5.75 Å². The summed E-state index contributed by atoms with van der Waals surface area (Å²) < 4.78 is 84.9. The number of hydrogen-bond donors (Lipinski definition) is 1. The molecular formula is C20H25ClO4. The third-order valence-electron chi connectivity index (χ3n) is 2.75. The maximum absolute atomic E-state index is 8.81. The normalized spacial score (nSPS) is 36.6. The van der Waals surface area contributed by atoms with Gasteiger partial charge < -0.3 is 19.3 Å². The molecule has 2 fully saturated rings. The van der Waals surface area contributed by atoms with Crippen molar-refractivity contribution in [2.24, 2.45) is 0 Å². The SMILES string of the molecule is Cc1cccc(O)c1.[2H]C([2H])(Cl)C1([2H])OC1([2H])[2H].[2H]C([2H])(Oc1cccc(C)c1)C1([2H])OC1([2H])[2H]. The van der Waals surface area contributed by atoms with Crippen LogP contribution in [0.4, 0.5) is 0 Å². The molecule has 0 spiro atoms. The zero-order valence-corrected chi connectivity index (χ0v) is 14.4. The van der Waals surface area contributed by atoms with Crippen molar-refractivity contribution in [1.29, 1.82) is 0 Å². The average molecular weight is 375 g/mol. The highest BCUT2D eigenvalue weighted by Crippen LogP contribution is 2.15. The molecule has 2 unspecified atom stereocenters. The number of rotatable bonds is 4. The van der Waals surface area contributed by atoms with Crippen LogP contribution in [0.15, 0.2) is 48.5 Å². The fraction of sp³-hybridized carbons (Fsp3) is 0.400. The highest BCUT2D eigenvalue weighted by atomic mass is 35.5. The zero-order chi connectivity index (χ0) is 27.1.